The standard InChI is InChI=1S/C25H28N4S/c1-17-7-10-19(11-8-17)24-21(16-29(28-24)22-5-3-2-4-6-22)15-26-25(30)27-23-14-18-9-12-20(23)13-18/h2-8,10-11,16,18,20,23H,9,12-15H2,1H3,(H2,26,27,30)/t18-,20-,23+/m1/s1. The average Bonchev–Trinajstić information content (AvgIpc) is 3.49. The maximum Gasteiger partial charge on any atom is 0.166 e. The van der Waals surface area contributed by atoms with E-state index in [0.717, 1.165) is 39.5 Å². The fourth-order valence-electron chi connectivity index (χ4n) is 5.02. The molecule has 2 aliphatic carbocycles. The van der Waals surface area contributed by atoms with Crippen LogP contribution in [0.25, 0.3) is 16.9 Å². The van der Waals surface area contributed by atoms with E-state index in [1.807, 2.05) is 22.9 Å². The molecule has 2 saturated carbocycles. The number of fused-ring (bicyclic) bond motifs is 2. The minimum Gasteiger partial charge on any atom is -0.360 e. The van der Waals surface area contributed by atoms with Crippen molar-refractivity contribution in [3.63, 3.8) is 0 Å². The van der Waals surface area contributed by atoms with Crippen molar-refractivity contribution in [2.24, 2.45) is 11.8 Å². The number of thiocarbonyl (C=S) groups is 1. The molecular formula is C25H28N4S. The smallest absolute Gasteiger partial charge is 0.166 e. The quantitative estimate of drug-likeness (QED) is 0.575. The summed E-state index contributed by atoms with van der Waals surface area (Å²) in [6, 6.07) is 19.3. The van der Waals surface area contributed by atoms with E-state index < -0.39 is 0 Å². The maximum atomic E-state index is 5.63. The van der Waals surface area contributed by atoms with Crippen LogP contribution in [0.2, 0.25) is 0 Å². The van der Waals surface area contributed by atoms with Gasteiger partial charge in [-0.05, 0) is 62.4 Å². The van der Waals surface area contributed by atoms with Crippen molar-refractivity contribution in [1.29, 1.82) is 0 Å². The first-order valence-electron chi connectivity index (χ1n) is 10.9. The van der Waals surface area contributed by atoms with E-state index in [1.54, 1.807) is 0 Å². The number of aromatic nitrogens is 2. The Balaban J connectivity index is 1.34. The van der Waals surface area contributed by atoms with E-state index in [1.165, 1.54) is 31.2 Å². The highest BCUT2D eigenvalue weighted by atomic mass is 32.1. The Morgan fingerprint density at radius 3 is 2.57 bits per heavy atom. The number of benzene rings is 2. The molecule has 3 aromatic rings. The van der Waals surface area contributed by atoms with E-state index in [2.05, 4.69) is 60.2 Å². The zero-order valence-electron chi connectivity index (χ0n) is 17.3. The minimum atomic E-state index is 0.548. The summed E-state index contributed by atoms with van der Waals surface area (Å²) in [6.45, 7) is 2.76. The summed E-state index contributed by atoms with van der Waals surface area (Å²) >= 11 is 5.63. The Labute approximate surface area is 183 Å². The Morgan fingerprint density at radius 2 is 1.87 bits per heavy atom. The first-order valence-corrected chi connectivity index (χ1v) is 11.3. The number of hydrogen-bond donors (Lipinski definition) is 2. The number of nitrogens with zero attached hydrogens (tertiary/aromatic N) is 2. The van der Waals surface area contributed by atoms with Crippen molar-refractivity contribution in [3.05, 3.63) is 71.9 Å². The summed E-state index contributed by atoms with van der Waals surface area (Å²) in [5.41, 5.74) is 5.56. The van der Waals surface area contributed by atoms with Crippen molar-refractivity contribution in [2.75, 3.05) is 0 Å². The van der Waals surface area contributed by atoms with Crippen LogP contribution >= 0.6 is 12.2 Å². The lowest BCUT2D eigenvalue weighted by Crippen LogP contribution is -2.43. The highest BCUT2D eigenvalue weighted by molar-refractivity contribution is 7.80. The third kappa shape index (κ3) is 3.99. The molecule has 154 valence electrons. The molecular weight excluding hydrogens is 388 g/mol. The fraction of sp³-hybridized carbons (Fsp3) is 0.360. The molecule has 1 aromatic heterocycles. The molecule has 5 rings (SSSR count). The van der Waals surface area contributed by atoms with Crippen LogP contribution in [0.1, 0.15) is 36.8 Å². The zero-order valence-corrected chi connectivity index (χ0v) is 18.2. The van der Waals surface area contributed by atoms with Crippen LogP contribution < -0.4 is 10.6 Å². The summed E-state index contributed by atoms with van der Waals surface area (Å²) < 4.78 is 1.96. The van der Waals surface area contributed by atoms with Crippen LogP contribution in [-0.4, -0.2) is 20.9 Å². The molecule has 2 bridgehead atoms. The zero-order chi connectivity index (χ0) is 20.5. The topological polar surface area (TPSA) is 41.9 Å². The Morgan fingerprint density at radius 1 is 1.07 bits per heavy atom. The van der Waals surface area contributed by atoms with Gasteiger partial charge in [-0.25, -0.2) is 4.68 Å². The second-order valence-corrected chi connectivity index (χ2v) is 9.17. The predicted molar refractivity (Wildman–Crippen MR) is 126 cm³/mol. The van der Waals surface area contributed by atoms with Crippen LogP contribution in [0.15, 0.2) is 60.8 Å². The van der Waals surface area contributed by atoms with Gasteiger partial charge in [0.15, 0.2) is 5.11 Å². The Kier molecular flexibility index (Phi) is 5.30. The molecule has 0 unspecified atom stereocenters. The van der Waals surface area contributed by atoms with Gasteiger partial charge < -0.3 is 10.6 Å². The predicted octanol–water partition coefficient (Wildman–Crippen LogP) is 5.00. The van der Waals surface area contributed by atoms with E-state index in [0.29, 0.717) is 12.6 Å². The highest BCUT2D eigenvalue weighted by Gasteiger charge is 2.39. The van der Waals surface area contributed by atoms with Crippen LogP contribution in [0.5, 0.6) is 0 Å². The van der Waals surface area contributed by atoms with E-state index in [4.69, 9.17) is 17.3 Å². The molecule has 1 heterocycles. The number of nitrogens with one attached hydrogen (secondary N) is 2. The van der Waals surface area contributed by atoms with E-state index in [-0.39, 0.29) is 0 Å². The van der Waals surface area contributed by atoms with Gasteiger partial charge in [-0.15, -0.1) is 0 Å². The normalized spacial score (nSPS) is 22.2. The lowest BCUT2D eigenvalue weighted by molar-refractivity contribution is 0.389. The Hall–Kier alpha value is -2.66. The Bertz CT molecular complexity index is 1030. The van der Waals surface area contributed by atoms with Crippen LogP contribution in [-0.2, 0) is 6.54 Å². The van der Waals surface area contributed by atoms with Gasteiger partial charge in [-0.1, -0.05) is 54.4 Å². The second kappa shape index (κ2) is 8.23. The summed E-state index contributed by atoms with van der Waals surface area (Å²) in [5.74, 6) is 1.71. The van der Waals surface area contributed by atoms with Crippen molar-refractivity contribution in [3.8, 4) is 16.9 Å². The molecule has 0 radical (unpaired) electrons. The van der Waals surface area contributed by atoms with E-state index in [9.17, 15) is 0 Å². The summed E-state index contributed by atoms with van der Waals surface area (Å²) in [4.78, 5) is 0. The van der Waals surface area contributed by atoms with Gasteiger partial charge in [-0.2, -0.15) is 5.10 Å². The third-order valence-corrected chi connectivity index (χ3v) is 6.89. The molecule has 5 heteroatoms. The average molecular weight is 417 g/mol. The molecule has 0 aliphatic heterocycles. The molecule has 0 saturated heterocycles. The van der Waals surface area contributed by atoms with Crippen LogP contribution in [0.3, 0.4) is 0 Å². The number of rotatable bonds is 5. The maximum absolute atomic E-state index is 5.63. The molecule has 2 aromatic carbocycles. The molecule has 4 nitrogen and oxygen atoms in total. The van der Waals surface area contributed by atoms with Crippen LogP contribution in [0.4, 0.5) is 0 Å². The third-order valence-electron chi connectivity index (χ3n) is 6.63. The lowest BCUT2D eigenvalue weighted by Gasteiger charge is -2.24. The molecule has 2 aliphatic rings. The van der Waals surface area contributed by atoms with Gasteiger partial charge in [0, 0.05) is 29.9 Å². The second-order valence-electron chi connectivity index (χ2n) is 8.76. The van der Waals surface area contributed by atoms with Gasteiger partial charge in [-0.3, -0.25) is 0 Å². The molecule has 0 amide bonds. The lowest BCUT2D eigenvalue weighted by atomic mass is 9.96. The first kappa shape index (κ1) is 19.3. The number of aryl methyl sites for hydroxylation is 1. The van der Waals surface area contributed by atoms with Crippen molar-refractivity contribution < 1.29 is 0 Å². The van der Waals surface area contributed by atoms with Gasteiger partial charge in [0.05, 0.1) is 11.4 Å². The number of para-hydroxylation sites is 1. The number of hydrogen-bond acceptors (Lipinski definition) is 2. The van der Waals surface area contributed by atoms with Gasteiger partial charge in [0.1, 0.15) is 0 Å². The molecule has 30 heavy (non-hydrogen) atoms. The fourth-order valence-corrected chi connectivity index (χ4v) is 5.25. The van der Waals surface area contributed by atoms with Gasteiger partial charge >= 0.3 is 0 Å². The molecule has 0 spiro atoms. The van der Waals surface area contributed by atoms with Gasteiger partial charge in [0.25, 0.3) is 0 Å². The van der Waals surface area contributed by atoms with E-state index >= 15 is 0 Å². The molecule has 2 N–H and O–H groups in total. The molecule has 2 fully saturated rings. The van der Waals surface area contributed by atoms with Crippen molar-refractivity contribution in [2.45, 2.75) is 45.2 Å². The van der Waals surface area contributed by atoms with Crippen molar-refractivity contribution >= 4 is 17.3 Å². The van der Waals surface area contributed by atoms with Crippen LogP contribution in [0, 0.1) is 18.8 Å². The largest absolute Gasteiger partial charge is 0.360 e. The summed E-state index contributed by atoms with van der Waals surface area (Å²) in [5, 5.41) is 12.7. The SMILES string of the molecule is Cc1ccc(-c2nn(-c3ccccc3)cc2CNC(=S)N[C@H]2C[C@@H]3CC[C@@H]2C3)cc1. The van der Waals surface area contributed by atoms with Crippen molar-refractivity contribution in [1.82, 2.24) is 20.4 Å². The van der Waals surface area contributed by atoms with Gasteiger partial charge in [0.2, 0.25) is 0 Å². The molecule has 3 atom stereocenters. The first-order chi connectivity index (χ1) is 14.7. The summed E-state index contributed by atoms with van der Waals surface area (Å²) in [6.07, 6.45) is 7.51. The highest BCUT2D eigenvalue weighted by Crippen LogP contribution is 2.44. The summed E-state index contributed by atoms with van der Waals surface area (Å²) in [7, 11) is 0. The minimum absolute atomic E-state index is 0.548. The monoisotopic (exact) mass is 416 g/mol.